The molecule has 0 amide bonds. The number of aromatic nitrogens is 2. The molecule has 0 spiro atoms. The van der Waals surface area contributed by atoms with Crippen LogP contribution < -0.4 is 5.32 Å². The molecule has 0 atom stereocenters. The summed E-state index contributed by atoms with van der Waals surface area (Å²) in [7, 11) is 0. The van der Waals surface area contributed by atoms with Gasteiger partial charge < -0.3 is 5.32 Å². The van der Waals surface area contributed by atoms with Crippen LogP contribution in [0, 0.1) is 26.2 Å². The lowest BCUT2D eigenvalue weighted by molar-refractivity contribution is 0.911. The number of aryl methyl sites for hydroxylation is 2. The summed E-state index contributed by atoms with van der Waals surface area (Å²) in [4.78, 5) is 0. The molecule has 3 aromatic rings. The zero-order valence-corrected chi connectivity index (χ0v) is 12.2. The number of anilines is 1. The molecule has 0 aliphatic rings. The zero-order valence-electron chi connectivity index (χ0n) is 12.2. The summed E-state index contributed by atoms with van der Waals surface area (Å²) in [6.45, 7) is 4.92. The van der Waals surface area contributed by atoms with Gasteiger partial charge in [-0.3, -0.25) is 0 Å². The normalized spacial score (nSPS) is 10.5. The van der Waals surface area contributed by atoms with Crippen molar-refractivity contribution in [3.63, 3.8) is 0 Å². The predicted octanol–water partition coefficient (Wildman–Crippen LogP) is 3.54. The highest BCUT2D eigenvalue weighted by atomic mass is 15.2. The highest BCUT2D eigenvalue weighted by Crippen LogP contribution is 2.17. The van der Waals surface area contributed by atoms with E-state index in [0.717, 1.165) is 29.0 Å². The van der Waals surface area contributed by atoms with E-state index >= 15 is 0 Å². The summed E-state index contributed by atoms with van der Waals surface area (Å²) in [6, 6.07) is 12.2. The van der Waals surface area contributed by atoms with Crippen molar-refractivity contribution in [1.29, 1.82) is 0 Å². The van der Waals surface area contributed by atoms with Crippen LogP contribution >= 0.6 is 0 Å². The van der Waals surface area contributed by atoms with Gasteiger partial charge in [-0.15, -0.1) is 6.42 Å². The molecule has 0 aliphatic heterocycles. The lowest BCUT2D eigenvalue weighted by Crippen LogP contribution is -2.00. The molecule has 1 N–H and O–H groups in total. The molecule has 0 saturated carbocycles. The van der Waals surface area contributed by atoms with Crippen molar-refractivity contribution in [2.45, 2.75) is 20.4 Å². The number of benzene rings is 1. The number of pyridine rings is 1. The Balaban J connectivity index is 1.83. The summed E-state index contributed by atoms with van der Waals surface area (Å²) in [5.74, 6) is 2.62. The Morgan fingerprint density at radius 1 is 1.19 bits per heavy atom. The minimum Gasteiger partial charge on any atom is -0.381 e. The third-order valence-corrected chi connectivity index (χ3v) is 3.56. The van der Waals surface area contributed by atoms with Crippen molar-refractivity contribution in [3.05, 3.63) is 65.0 Å². The summed E-state index contributed by atoms with van der Waals surface area (Å²) < 4.78 is 1.98. The van der Waals surface area contributed by atoms with Crippen molar-refractivity contribution in [1.82, 2.24) is 9.61 Å². The van der Waals surface area contributed by atoms with Crippen molar-refractivity contribution < 1.29 is 0 Å². The molecule has 0 fully saturated rings. The SMILES string of the molecule is C#Cc1ccc(NCc2cnn3c(C)cc(C)cc23)cc1. The fraction of sp³-hybridized carbons (Fsp3) is 0.167. The van der Waals surface area contributed by atoms with Gasteiger partial charge in [0.15, 0.2) is 0 Å². The maximum atomic E-state index is 5.36. The van der Waals surface area contributed by atoms with Gasteiger partial charge >= 0.3 is 0 Å². The van der Waals surface area contributed by atoms with Gasteiger partial charge in [-0.05, 0) is 55.8 Å². The number of hydrogen-bond acceptors (Lipinski definition) is 2. The second kappa shape index (κ2) is 5.34. The molecule has 1 aromatic carbocycles. The fourth-order valence-electron chi connectivity index (χ4n) is 2.49. The molecule has 0 saturated heterocycles. The Labute approximate surface area is 124 Å². The van der Waals surface area contributed by atoms with Crippen LogP contribution in [-0.4, -0.2) is 9.61 Å². The Bertz CT molecular complexity index is 820. The lowest BCUT2D eigenvalue weighted by atomic mass is 10.2. The van der Waals surface area contributed by atoms with Gasteiger partial charge in [0.1, 0.15) is 0 Å². The summed E-state index contributed by atoms with van der Waals surface area (Å²) in [5.41, 5.74) is 6.68. The first-order chi connectivity index (χ1) is 10.2. The van der Waals surface area contributed by atoms with Gasteiger partial charge in [-0.2, -0.15) is 5.10 Å². The van der Waals surface area contributed by atoms with E-state index in [1.54, 1.807) is 0 Å². The highest BCUT2D eigenvalue weighted by Gasteiger charge is 2.06. The predicted molar refractivity (Wildman–Crippen MR) is 86.4 cm³/mol. The van der Waals surface area contributed by atoms with Crippen LogP contribution in [0.4, 0.5) is 5.69 Å². The number of nitrogens with one attached hydrogen (secondary N) is 1. The molecule has 0 aliphatic carbocycles. The number of rotatable bonds is 3. The van der Waals surface area contributed by atoms with Crippen LogP contribution in [0.3, 0.4) is 0 Å². The minimum atomic E-state index is 0.738. The first kappa shape index (κ1) is 13.3. The van der Waals surface area contributed by atoms with Crippen LogP contribution in [0.25, 0.3) is 5.52 Å². The van der Waals surface area contributed by atoms with Gasteiger partial charge in [-0.1, -0.05) is 5.92 Å². The van der Waals surface area contributed by atoms with E-state index in [1.807, 2.05) is 35.0 Å². The third-order valence-electron chi connectivity index (χ3n) is 3.56. The van der Waals surface area contributed by atoms with Gasteiger partial charge in [0.05, 0.1) is 11.7 Å². The maximum absolute atomic E-state index is 5.36. The van der Waals surface area contributed by atoms with Gasteiger partial charge in [0, 0.05) is 29.1 Å². The standard InChI is InChI=1S/C18H17N3/c1-4-15-5-7-17(8-6-15)19-11-16-12-20-21-14(3)9-13(2)10-18(16)21/h1,5-10,12,19H,11H2,2-3H3. The van der Waals surface area contributed by atoms with Crippen LogP contribution in [0.15, 0.2) is 42.6 Å². The first-order valence-electron chi connectivity index (χ1n) is 6.92. The number of nitrogens with zero attached hydrogens (tertiary/aromatic N) is 2. The van der Waals surface area contributed by atoms with E-state index in [9.17, 15) is 0 Å². The van der Waals surface area contributed by atoms with Crippen LogP contribution in [0.2, 0.25) is 0 Å². The van der Waals surface area contributed by atoms with E-state index in [2.05, 4.69) is 42.3 Å². The quantitative estimate of drug-likeness (QED) is 0.741. The molecule has 0 unspecified atom stereocenters. The fourth-order valence-corrected chi connectivity index (χ4v) is 2.49. The Kier molecular flexibility index (Phi) is 3.37. The second-order valence-electron chi connectivity index (χ2n) is 5.22. The van der Waals surface area contributed by atoms with Crippen molar-refractivity contribution in [2.75, 3.05) is 5.32 Å². The third kappa shape index (κ3) is 2.61. The summed E-state index contributed by atoms with van der Waals surface area (Å²) >= 11 is 0. The largest absolute Gasteiger partial charge is 0.381 e. The molecule has 0 bridgehead atoms. The van der Waals surface area contributed by atoms with E-state index < -0.39 is 0 Å². The Morgan fingerprint density at radius 2 is 1.95 bits per heavy atom. The van der Waals surface area contributed by atoms with Crippen molar-refractivity contribution in [3.8, 4) is 12.3 Å². The van der Waals surface area contributed by atoms with Crippen molar-refractivity contribution >= 4 is 11.2 Å². The molecule has 2 heterocycles. The van der Waals surface area contributed by atoms with E-state index in [-0.39, 0.29) is 0 Å². The molecule has 0 radical (unpaired) electrons. The van der Waals surface area contributed by atoms with Crippen LogP contribution in [0.1, 0.15) is 22.4 Å². The second-order valence-corrected chi connectivity index (χ2v) is 5.22. The Hall–Kier alpha value is -2.73. The average Bonchev–Trinajstić information content (AvgIpc) is 2.89. The monoisotopic (exact) mass is 275 g/mol. The maximum Gasteiger partial charge on any atom is 0.0717 e. The van der Waals surface area contributed by atoms with E-state index in [4.69, 9.17) is 6.42 Å². The summed E-state index contributed by atoms with van der Waals surface area (Å²) in [5, 5.41) is 7.86. The summed E-state index contributed by atoms with van der Waals surface area (Å²) in [6.07, 6.45) is 7.28. The topological polar surface area (TPSA) is 29.3 Å². The number of fused-ring (bicyclic) bond motifs is 1. The highest BCUT2D eigenvalue weighted by molar-refractivity contribution is 5.58. The molecule has 104 valence electrons. The molecule has 21 heavy (non-hydrogen) atoms. The molecular formula is C18H17N3. The van der Waals surface area contributed by atoms with E-state index in [1.165, 1.54) is 11.1 Å². The number of terminal acetylenes is 1. The first-order valence-corrected chi connectivity index (χ1v) is 6.92. The smallest absolute Gasteiger partial charge is 0.0717 e. The molecule has 3 rings (SSSR count). The zero-order chi connectivity index (χ0) is 14.8. The Morgan fingerprint density at radius 3 is 2.67 bits per heavy atom. The van der Waals surface area contributed by atoms with Gasteiger partial charge in [0.2, 0.25) is 0 Å². The van der Waals surface area contributed by atoms with Crippen LogP contribution in [-0.2, 0) is 6.54 Å². The number of hydrogen-bond donors (Lipinski definition) is 1. The molecular weight excluding hydrogens is 258 g/mol. The van der Waals surface area contributed by atoms with Gasteiger partial charge in [0.25, 0.3) is 0 Å². The van der Waals surface area contributed by atoms with Crippen molar-refractivity contribution in [2.24, 2.45) is 0 Å². The molecule has 3 nitrogen and oxygen atoms in total. The average molecular weight is 275 g/mol. The molecule has 3 heteroatoms. The lowest BCUT2D eigenvalue weighted by Gasteiger charge is -2.07. The van der Waals surface area contributed by atoms with Gasteiger partial charge in [-0.25, -0.2) is 4.52 Å². The van der Waals surface area contributed by atoms with Crippen LogP contribution in [0.5, 0.6) is 0 Å². The van der Waals surface area contributed by atoms with E-state index in [0.29, 0.717) is 0 Å². The molecule has 2 aromatic heterocycles. The minimum absolute atomic E-state index is 0.738.